The summed E-state index contributed by atoms with van der Waals surface area (Å²) in [6.45, 7) is 13.8. The minimum Gasteiger partial charge on any atom is -0.455 e. The molecule has 0 bridgehead atoms. The summed E-state index contributed by atoms with van der Waals surface area (Å²) in [6.07, 6.45) is 0. The van der Waals surface area contributed by atoms with E-state index < -0.39 is 0 Å². The molecule has 0 unspecified atom stereocenters. The number of furan rings is 2. The molecule has 292 valence electrons. The van der Waals surface area contributed by atoms with Gasteiger partial charge in [-0.05, 0) is 98.6 Å². The molecule has 11 aromatic rings. The minimum atomic E-state index is -0.137. The van der Waals surface area contributed by atoms with Crippen LogP contribution in [0.25, 0.3) is 87.9 Å². The summed E-state index contributed by atoms with van der Waals surface area (Å²) in [5, 5.41) is 7.03. The fraction of sp³-hybridized carbons (Fsp3) is 0.143. The highest BCUT2D eigenvalue weighted by Gasteiger charge is 2.45. The Bertz CT molecular complexity index is 3680. The third kappa shape index (κ3) is 4.72. The van der Waals surface area contributed by atoms with Crippen molar-refractivity contribution < 1.29 is 8.83 Å². The lowest BCUT2D eigenvalue weighted by Crippen LogP contribution is -2.56. The van der Waals surface area contributed by atoms with E-state index in [9.17, 15) is 0 Å². The number of hydrogen-bond acceptors (Lipinski definition) is 3. The molecule has 8 aromatic carbocycles. The number of anilines is 3. The molecule has 0 spiro atoms. The Morgan fingerprint density at radius 3 is 1.89 bits per heavy atom. The molecule has 2 aliphatic heterocycles. The van der Waals surface area contributed by atoms with Crippen LogP contribution in [0.3, 0.4) is 0 Å². The van der Waals surface area contributed by atoms with Gasteiger partial charge in [0.25, 0.3) is 0 Å². The molecule has 0 fully saturated rings. The fourth-order valence-corrected chi connectivity index (χ4v) is 10.6. The van der Waals surface area contributed by atoms with Crippen molar-refractivity contribution >= 4 is 101 Å². The second-order valence-electron chi connectivity index (χ2n) is 19.3. The van der Waals surface area contributed by atoms with E-state index in [4.69, 9.17) is 8.83 Å². The summed E-state index contributed by atoms with van der Waals surface area (Å²) in [6, 6.07) is 56.0. The van der Waals surface area contributed by atoms with Crippen LogP contribution in [0.15, 0.2) is 160 Å². The van der Waals surface area contributed by atoms with Crippen LogP contribution >= 0.6 is 0 Å². The first-order valence-electron chi connectivity index (χ1n) is 21.5. The molecule has 13 rings (SSSR count). The molecule has 5 heteroatoms. The van der Waals surface area contributed by atoms with E-state index in [1.54, 1.807) is 0 Å². The quantitative estimate of drug-likeness (QED) is 0.164. The molecule has 0 saturated heterocycles. The van der Waals surface area contributed by atoms with Gasteiger partial charge in [-0.2, -0.15) is 0 Å². The SMILES string of the molecule is CC(C)(C)c1ccc2c(c1)c1cc(C(C)(C)C)cc3c1n2B1c2ccc(-c4ccccc4)cc2N(c2cccc4c2oc2ccccc24)c2cc4c(oc5ccccc54)c-3c21. The highest BCUT2D eigenvalue weighted by Crippen LogP contribution is 2.52. The molecule has 0 N–H and O–H groups in total. The van der Waals surface area contributed by atoms with E-state index in [0.29, 0.717) is 0 Å². The molecule has 2 aliphatic rings. The summed E-state index contributed by atoms with van der Waals surface area (Å²) in [5.41, 5.74) is 19.2. The topological polar surface area (TPSA) is 34.5 Å². The average Bonchev–Trinajstić information content (AvgIpc) is 3.94. The van der Waals surface area contributed by atoms with E-state index in [1.165, 1.54) is 66.1 Å². The van der Waals surface area contributed by atoms with Crippen molar-refractivity contribution in [1.82, 2.24) is 4.48 Å². The fourth-order valence-electron chi connectivity index (χ4n) is 10.6. The van der Waals surface area contributed by atoms with Gasteiger partial charge >= 0.3 is 6.85 Å². The number of rotatable bonds is 2. The second-order valence-corrected chi connectivity index (χ2v) is 19.3. The monoisotopic (exact) mass is 786 g/mol. The highest BCUT2D eigenvalue weighted by molar-refractivity contribution is 6.90. The molecule has 4 nitrogen and oxygen atoms in total. The van der Waals surface area contributed by atoms with Crippen LogP contribution in [-0.2, 0) is 10.8 Å². The first-order valence-corrected chi connectivity index (χ1v) is 21.5. The van der Waals surface area contributed by atoms with E-state index >= 15 is 0 Å². The maximum Gasteiger partial charge on any atom is 0.333 e. The Kier molecular flexibility index (Phi) is 6.77. The van der Waals surface area contributed by atoms with Crippen LogP contribution in [0, 0.1) is 0 Å². The Balaban J connectivity index is 1.25. The molecule has 0 atom stereocenters. The number of nitrogens with zero attached hydrogens (tertiary/aromatic N) is 2. The second kappa shape index (κ2) is 11.9. The maximum atomic E-state index is 7.10. The number of hydrogen-bond donors (Lipinski definition) is 0. The van der Waals surface area contributed by atoms with Gasteiger partial charge in [-0.15, -0.1) is 0 Å². The van der Waals surface area contributed by atoms with Crippen LogP contribution < -0.4 is 15.8 Å². The standard InChI is InChI=1S/C56H43BN2O2/c1-55(2,3)34-24-26-44-39(28-34)40-29-35(56(4,5)6)30-42-50-51-47(31-41-37-18-11-13-22-49(37)61-54(41)50)58(45-20-14-19-38-36-17-10-12-21-48(36)60-53(38)45)46-27-33(32-15-8-7-9-16-32)23-25-43(46)57(51)59(44)52(40)42/h7-31H,1-6H3. The van der Waals surface area contributed by atoms with Gasteiger partial charge in [0.15, 0.2) is 5.58 Å². The molecule has 3 aromatic heterocycles. The van der Waals surface area contributed by atoms with E-state index in [1.807, 2.05) is 0 Å². The van der Waals surface area contributed by atoms with Crippen molar-refractivity contribution in [3.63, 3.8) is 0 Å². The molecule has 0 saturated carbocycles. The van der Waals surface area contributed by atoms with Crippen molar-refractivity contribution in [2.24, 2.45) is 0 Å². The van der Waals surface area contributed by atoms with Crippen molar-refractivity contribution in [3.05, 3.63) is 163 Å². The summed E-state index contributed by atoms with van der Waals surface area (Å²) < 4.78 is 16.7. The predicted molar refractivity (Wildman–Crippen MR) is 257 cm³/mol. The molecule has 0 amide bonds. The van der Waals surface area contributed by atoms with Crippen LogP contribution in [0.4, 0.5) is 17.1 Å². The number of para-hydroxylation sites is 3. The van der Waals surface area contributed by atoms with Crippen LogP contribution in [-0.4, -0.2) is 11.3 Å². The van der Waals surface area contributed by atoms with Crippen molar-refractivity contribution in [3.8, 4) is 22.3 Å². The van der Waals surface area contributed by atoms with Crippen molar-refractivity contribution in [2.75, 3.05) is 4.90 Å². The molecule has 61 heavy (non-hydrogen) atoms. The third-order valence-corrected chi connectivity index (χ3v) is 13.7. The molecule has 5 heterocycles. The first kappa shape index (κ1) is 34.8. The van der Waals surface area contributed by atoms with Crippen LogP contribution in [0.1, 0.15) is 52.7 Å². The molecule has 0 radical (unpaired) electrons. The molecular weight excluding hydrogens is 743 g/mol. The van der Waals surface area contributed by atoms with Gasteiger partial charge in [0, 0.05) is 65.9 Å². The molecule has 0 aliphatic carbocycles. The maximum absolute atomic E-state index is 7.10. The Morgan fingerprint density at radius 2 is 1.13 bits per heavy atom. The van der Waals surface area contributed by atoms with Gasteiger partial charge in [-0.3, -0.25) is 0 Å². The van der Waals surface area contributed by atoms with Crippen LogP contribution in [0.5, 0.6) is 0 Å². The summed E-state index contributed by atoms with van der Waals surface area (Å²) in [5.74, 6) is 0. The number of fused-ring (bicyclic) bond motifs is 14. The average molecular weight is 787 g/mol. The van der Waals surface area contributed by atoms with E-state index in [0.717, 1.165) is 60.9 Å². The van der Waals surface area contributed by atoms with Gasteiger partial charge in [-0.25, -0.2) is 0 Å². The summed E-state index contributed by atoms with van der Waals surface area (Å²) in [7, 11) is 0. The third-order valence-electron chi connectivity index (χ3n) is 13.7. The van der Waals surface area contributed by atoms with Crippen molar-refractivity contribution in [2.45, 2.75) is 52.4 Å². The van der Waals surface area contributed by atoms with Gasteiger partial charge in [0.2, 0.25) is 0 Å². The summed E-state index contributed by atoms with van der Waals surface area (Å²) in [4.78, 5) is 2.50. The highest BCUT2D eigenvalue weighted by atomic mass is 16.3. The Morgan fingerprint density at radius 1 is 0.459 bits per heavy atom. The molecular formula is C56H43BN2O2. The predicted octanol–water partition coefficient (Wildman–Crippen LogP) is 14.3. The van der Waals surface area contributed by atoms with Gasteiger partial charge < -0.3 is 18.2 Å². The van der Waals surface area contributed by atoms with Gasteiger partial charge in [0.05, 0.1) is 5.69 Å². The first-order chi connectivity index (χ1) is 29.5. The zero-order valence-corrected chi connectivity index (χ0v) is 35.2. The van der Waals surface area contributed by atoms with Crippen molar-refractivity contribution in [1.29, 1.82) is 0 Å². The lowest BCUT2D eigenvalue weighted by molar-refractivity contribution is 0.590. The largest absolute Gasteiger partial charge is 0.455 e. The zero-order chi connectivity index (χ0) is 41.1. The van der Waals surface area contributed by atoms with E-state index in [2.05, 4.69) is 203 Å². The lowest BCUT2D eigenvalue weighted by Gasteiger charge is -2.40. The van der Waals surface area contributed by atoms with Crippen LogP contribution in [0.2, 0.25) is 0 Å². The Hall–Kier alpha value is -6.98. The summed E-state index contributed by atoms with van der Waals surface area (Å²) >= 11 is 0. The lowest BCUT2D eigenvalue weighted by atomic mass is 9.45. The van der Waals surface area contributed by atoms with Gasteiger partial charge in [0.1, 0.15) is 16.7 Å². The normalized spacial score (nSPS) is 13.7. The number of benzene rings is 8. The zero-order valence-electron chi connectivity index (χ0n) is 35.2. The Labute approximate surface area is 354 Å². The minimum absolute atomic E-state index is 0.00666. The van der Waals surface area contributed by atoms with Gasteiger partial charge in [-0.1, -0.05) is 139 Å². The van der Waals surface area contributed by atoms with E-state index in [-0.39, 0.29) is 17.7 Å². The number of aromatic nitrogens is 1. The smallest absolute Gasteiger partial charge is 0.333 e.